The highest BCUT2D eigenvalue weighted by molar-refractivity contribution is 5.88. The monoisotopic (exact) mass is 198 g/mol. The highest BCUT2D eigenvalue weighted by Crippen LogP contribution is 2.12. The molecule has 1 aliphatic heterocycles. The fraction of sp³-hybridized carbons (Fsp3) is 0.700. The normalized spacial score (nSPS) is 20.8. The van der Waals surface area contributed by atoms with Crippen LogP contribution in [-0.4, -0.2) is 32.6 Å². The molecule has 0 N–H and O–H groups in total. The van der Waals surface area contributed by atoms with Gasteiger partial charge in [-0.1, -0.05) is 5.92 Å². The second-order valence-corrected chi connectivity index (χ2v) is 2.90. The zero-order chi connectivity index (χ0) is 10.2. The quantitative estimate of drug-likeness (QED) is 0.372. The summed E-state index contributed by atoms with van der Waals surface area (Å²) in [5, 5.41) is 0. The van der Waals surface area contributed by atoms with Gasteiger partial charge in [0.2, 0.25) is 0 Å². The lowest BCUT2D eigenvalue weighted by atomic mass is 10.2. The van der Waals surface area contributed by atoms with E-state index in [4.69, 9.17) is 9.47 Å². The highest BCUT2D eigenvalue weighted by Gasteiger charge is 2.12. The molecule has 1 aliphatic rings. The smallest absolute Gasteiger partial charge is 0.384 e. The summed E-state index contributed by atoms with van der Waals surface area (Å²) in [6.07, 6.45) is 2.96. The molecule has 0 radical (unpaired) electrons. The van der Waals surface area contributed by atoms with Gasteiger partial charge in [-0.2, -0.15) is 0 Å². The Morgan fingerprint density at radius 1 is 1.57 bits per heavy atom. The van der Waals surface area contributed by atoms with Crippen molar-refractivity contribution in [2.45, 2.75) is 25.6 Å². The summed E-state index contributed by atoms with van der Waals surface area (Å²) in [5.74, 6) is 4.29. The number of hydrogen-bond acceptors (Lipinski definition) is 4. The third-order valence-electron chi connectivity index (χ3n) is 1.86. The molecule has 14 heavy (non-hydrogen) atoms. The van der Waals surface area contributed by atoms with Gasteiger partial charge in [0.1, 0.15) is 6.61 Å². The molecule has 1 fully saturated rings. The van der Waals surface area contributed by atoms with E-state index in [-0.39, 0.29) is 12.9 Å². The zero-order valence-electron chi connectivity index (χ0n) is 8.25. The second kappa shape index (κ2) is 6.41. The predicted octanol–water partition coefficient (Wildman–Crippen LogP) is 0.706. The minimum atomic E-state index is -0.543. The van der Waals surface area contributed by atoms with E-state index in [0.717, 1.165) is 25.9 Å². The summed E-state index contributed by atoms with van der Waals surface area (Å²) in [5.41, 5.74) is 0. The van der Waals surface area contributed by atoms with Crippen molar-refractivity contribution >= 4 is 5.97 Å². The summed E-state index contributed by atoms with van der Waals surface area (Å²) in [6.45, 7) is 0.953. The molecule has 0 amide bonds. The number of esters is 1. The maximum Gasteiger partial charge on any atom is 0.384 e. The Hall–Kier alpha value is -1.05. The van der Waals surface area contributed by atoms with Crippen molar-refractivity contribution in [2.75, 3.05) is 20.3 Å². The molecule has 1 heterocycles. The van der Waals surface area contributed by atoms with Crippen LogP contribution in [-0.2, 0) is 19.0 Å². The summed E-state index contributed by atoms with van der Waals surface area (Å²) < 4.78 is 14.9. The molecular formula is C10H14O4. The third-order valence-corrected chi connectivity index (χ3v) is 1.86. The lowest BCUT2D eigenvalue weighted by molar-refractivity contribution is -0.154. The van der Waals surface area contributed by atoms with E-state index in [2.05, 4.69) is 16.6 Å². The summed E-state index contributed by atoms with van der Waals surface area (Å²) >= 11 is 0. The fourth-order valence-corrected chi connectivity index (χ4v) is 1.14. The molecule has 1 saturated heterocycles. The van der Waals surface area contributed by atoms with E-state index in [1.54, 1.807) is 0 Å². The third kappa shape index (κ3) is 4.26. The van der Waals surface area contributed by atoms with Gasteiger partial charge in [-0.05, 0) is 19.3 Å². The summed E-state index contributed by atoms with van der Waals surface area (Å²) in [7, 11) is 1.29. The summed E-state index contributed by atoms with van der Waals surface area (Å²) in [4.78, 5) is 10.6. The molecular weight excluding hydrogens is 184 g/mol. The minimum absolute atomic E-state index is 0.157. The van der Waals surface area contributed by atoms with Gasteiger partial charge in [-0.3, -0.25) is 0 Å². The highest BCUT2D eigenvalue weighted by atomic mass is 16.7. The average Bonchev–Trinajstić information content (AvgIpc) is 2.25. The second-order valence-electron chi connectivity index (χ2n) is 2.90. The van der Waals surface area contributed by atoms with E-state index in [1.807, 2.05) is 0 Å². The van der Waals surface area contributed by atoms with Crippen molar-refractivity contribution in [1.82, 2.24) is 0 Å². The maximum atomic E-state index is 10.6. The molecule has 0 bridgehead atoms. The van der Waals surface area contributed by atoms with Crippen LogP contribution in [0, 0.1) is 11.8 Å². The molecule has 0 unspecified atom stereocenters. The van der Waals surface area contributed by atoms with Gasteiger partial charge >= 0.3 is 5.97 Å². The lowest BCUT2D eigenvalue weighted by Gasteiger charge is -2.21. The van der Waals surface area contributed by atoms with Crippen molar-refractivity contribution in [3.05, 3.63) is 0 Å². The molecule has 4 heteroatoms. The zero-order valence-corrected chi connectivity index (χ0v) is 8.25. The number of carbonyl (C=O) groups is 1. The Bertz CT molecular complexity index is 232. The Labute approximate surface area is 83.5 Å². The molecule has 1 atom stereocenters. The van der Waals surface area contributed by atoms with Gasteiger partial charge in [-0.25, -0.2) is 4.79 Å². The standard InChI is InChI=1S/C10H14O4/c1-12-9(11)5-4-8-14-10-6-2-3-7-13-10/h10H,2-3,6-8H2,1H3/t10-/m0/s1. The van der Waals surface area contributed by atoms with Crippen LogP contribution in [0.15, 0.2) is 0 Å². The molecule has 0 aliphatic carbocycles. The van der Waals surface area contributed by atoms with Crippen LogP contribution < -0.4 is 0 Å². The topological polar surface area (TPSA) is 44.8 Å². The number of rotatable bonds is 2. The maximum absolute atomic E-state index is 10.6. The van der Waals surface area contributed by atoms with Crippen LogP contribution in [0.1, 0.15) is 19.3 Å². The average molecular weight is 198 g/mol. The van der Waals surface area contributed by atoms with Crippen molar-refractivity contribution in [1.29, 1.82) is 0 Å². The van der Waals surface area contributed by atoms with Crippen molar-refractivity contribution in [3.8, 4) is 11.8 Å². The van der Waals surface area contributed by atoms with Crippen LogP contribution in [0.5, 0.6) is 0 Å². The lowest BCUT2D eigenvalue weighted by Crippen LogP contribution is -2.22. The van der Waals surface area contributed by atoms with E-state index in [1.165, 1.54) is 7.11 Å². The van der Waals surface area contributed by atoms with E-state index < -0.39 is 5.97 Å². The van der Waals surface area contributed by atoms with Gasteiger partial charge < -0.3 is 14.2 Å². The SMILES string of the molecule is COC(=O)C#CCO[C@H]1CCCCO1. The van der Waals surface area contributed by atoms with Gasteiger partial charge in [0, 0.05) is 12.5 Å². The van der Waals surface area contributed by atoms with Gasteiger partial charge in [0.25, 0.3) is 0 Å². The van der Waals surface area contributed by atoms with E-state index >= 15 is 0 Å². The van der Waals surface area contributed by atoms with E-state index in [9.17, 15) is 4.79 Å². The Balaban J connectivity index is 2.12. The van der Waals surface area contributed by atoms with Crippen LogP contribution in [0.4, 0.5) is 0 Å². The molecule has 0 saturated carbocycles. The number of carbonyl (C=O) groups excluding carboxylic acids is 1. The van der Waals surface area contributed by atoms with Crippen LogP contribution in [0.2, 0.25) is 0 Å². The Morgan fingerprint density at radius 3 is 3.07 bits per heavy atom. The molecule has 0 aromatic heterocycles. The fourth-order valence-electron chi connectivity index (χ4n) is 1.14. The molecule has 1 rings (SSSR count). The largest absolute Gasteiger partial charge is 0.459 e. The Morgan fingerprint density at radius 2 is 2.43 bits per heavy atom. The van der Waals surface area contributed by atoms with Gasteiger partial charge in [0.05, 0.1) is 7.11 Å². The predicted molar refractivity (Wildman–Crippen MR) is 49.3 cm³/mol. The first-order valence-electron chi connectivity index (χ1n) is 4.63. The minimum Gasteiger partial charge on any atom is -0.459 e. The van der Waals surface area contributed by atoms with E-state index in [0.29, 0.717) is 0 Å². The Kier molecular flexibility index (Phi) is 5.05. The number of ether oxygens (including phenoxy) is 3. The van der Waals surface area contributed by atoms with Gasteiger partial charge in [-0.15, -0.1) is 0 Å². The molecule has 78 valence electrons. The molecule has 0 aromatic carbocycles. The van der Waals surface area contributed by atoms with Gasteiger partial charge in [0.15, 0.2) is 6.29 Å². The molecule has 0 spiro atoms. The molecule has 4 nitrogen and oxygen atoms in total. The van der Waals surface area contributed by atoms with Crippen LogP contribution >= 0.6 is 0 Å². The number of methoxy groups -OCH3 is 1. The van der Waals surface area contributed by atoms with Crippen LogP contribution in [0.3, 0.4) is 0 Å². The molecule has 0 aromatic rings. The van der Waals surface area contributed by atoms with Crippen molar-refractivity contribution < 1.29 is 19.0 Å². The number of hydrogen-bond donors (Lipinski definition) is 0. The van der Waals surface area contributed by atoms with Crippen LogP contribution in [0.25, 0.3) is 0 Å². The first kappa shape index (κ1) is 11.0. The first-order chi connectivity index (χ1) is 6.83. The first-order valence-corrected chi connectivity index (χ1v) is 4.63. The van der Waals surface area contributed by atoms with Crippen molar-refractivity contribution in [3.63, 3.8) is 0 Å². The summed E-state index contributed by atoms with van der Waals surface area (Å²) in [6, 6.07) is 0. The van der Waals surface area contributed by atoms with Crippen molar-refractivity contribution in [2.24, 2.45) is 0 Å².